The van der Waals surface area contributed by atoms with E-state index < -0.39 is 0 Å². The summed E-state index contributed by atoms with van der Waals surface area (Å²) < 4.78 is 5.12. The fraction of sp³-hybridized carbons (Fsp3) is 0.200. The Bertz CT molecular complexity index is 871. The Morgan fingerprint density at radius 3 is 2.56 bits per heavy atom. The number of aromatic nitrogens is 1. The van der Waals surface area contributed by atoms with Crippen molar-refractivity contribution in [2.24, 2.45) is 0 Å². The van der Waals surface area contributed by atoms with E-state index in [1.54, 1.807) is 24.3 Å². The van der Waals surface area contributed by atoms with E-state index in [2.05, 4.69) is 16.5 Å². The Morgan fingerprint density at radius 2 is 1.92 bits per heavy atom. The first kappa shape index (κ1) is 17.2. The third-order valence-corrected chi connectivity index (χ3v) is 4.20. The van der Waals surface area contributed by atoms with Crippen LogP contribution in [0.25, 0.3) is 0 Å². The number of rotatable bonds is 6. The van der Waals surface area contributed by atoms with Gasteiger partial charge in [0.2, 0.25) is 0 Å². The topological polar surface area (TPSA) is 55.1 Å². The van der Waals surface area contributed by atoms with E-state index in [0.717, 1.165) is 16.9 Å². The molecule has 2 aromatic carbocycles. The molecule has 3 rings (SSSR count). The molecular formula is C20H19ClN2O2. The fourth-order valence-corrected chi connectivity index (χ4v) is 2.82. The summed E-state index contributed by atoms with van der Waals surface area (Å²) in [6.07, 6.45) is 0.303. The average molecular weight is 355 g/mol. The van der Waals surface area contributed by atoms with Crippen molar-refractivity contribution >= 4 is 23.2 Å². The third kappa shape index (κ3) is 4.48. The van der Waals surface area contributed by atoms with Crippen molar-refractivity contribution in [1.82, 2.24) is 5.16 Å². The SMILES string of the molecule is Cc1cccc(C(CC(=O)c2ccc(Cl)cc2)Nc2cc(C)on2)c1. The normalized spacial score (nSPS) is 12.0. The van der Waals surface area contributed by atoms with Crippen LogP contribution in [0, 0.1) is 13.8 Å². The molecule has 1 N–H and O–H groups in total. The highest BCUT2D eigenvalue weighted by Gasteiger charge is 2.19. The number of halogens is 1. The average Bonchev–Trinajstić information content (AvgIpc) is 3.00. The number of anilines is 1. The van der Waals surface area contributed by atoms with Crippen molar-refractivity contribution in [3.63, 3.8) is 0 Å². The van der Waals surface area contributed by atoms with Gasteiger partial charge in [0.25, 0.3) is 0 Å². The maximum Gasteiger partial charge on any atom is 0.170 e. The number of nitrogens with one attached hydrogen (secondary N) is 1. The van der Waals surface area contributed by atoms with Crippen LogP contribution in [0.3, 0.4) is 0 Å². The Kier molecular flexibility index (Phi) is 5.19. The summed E-state index contributed by atoms with van der Waals surface area (Å²) in [5, 5.41) is 7.90. The van der Waals surface area contributed by atoms with Gasteiger partial charge in [0.15, 0.2) is 11.6 Å². The molecule has 25 heavy (non-hydrogen) atoms. The number of nitrogens with zero attached hydrogens (tertiary/aromatic N) is 1. The standard InChI is InChI=1S/C20H19ClN2O2/c1-13-4-3-5-16(10-13)18(22-20-11-14(2)25-23-20)12-19(24)15-6-8-17(21)9-7-15/h3-11,18H,12H2,1-2H3,(H,22,23). The summed E-state index contributed by atoms with van der Waals surface area (Å²) in [6, 6.07) is 16.7. The summed E-state index contributed by atoms with van der Waals surface area (Å²) in [7, 11) is 0. The van der Waals surface area contributed by atoms with Crippen LogP contribution in [-0.2, 0) is 0 Å². The van der Waals surface area contributed by atoms with Crippen LogP contribution >= 0.6 is 11.6 Å². The lowest BCUT2D eigenvalue weighted by atomic mass is 9.97. The Balaban J connectivity index is 1.85. The number of aryl methyl sites for hydroxylation is 2. The summed E-state index contributed by atoms with van der Waals surface area (Å²) in [6.45, 7) is 3.86. The lowest BCUT2D eigenvalue weighted by molar-refractivity contribution is 0.0976. The molecule has 0 aliphatic heterocycles. The van der Waals surface area contributed by atoms with Gasteiger partial charge in [-0.1, -0.05) is 46.6 Å². The Morgan fingerprint density at radius 1 is 1.16 bits per heavy atom. The van der Waals surface area contributed by atoms with E-state index in [9.17, 15) is 4.79 Å². The molecule has 0 fully saturated rings. The lowest BCUT2D eigenvalue weighted by Crippen LogP contribution is -2.16. The molecule has 3 aromatic rings. The Hall–Kier alpha value is -2.59. The van der Waals surface area contributed by atoms with Crippen LogP contribution in [0.1, 0.15) is 39.7 Å². The number of carbonyl (C=O) groups is 1. The number of carbonyl (C=O) groups excluding carboxylic acids is 1. The van der Waals surface area contributed by atoms with Crippen molar-refractivity contribution in [3.8, 4) is 0 Å². The first-order valence-corrected chi connectivity index (χ1v) is 8.44. The highest BCUT2D eigenvalue weighted by Crippen LogP contribution is 2.25. The van der Waals surface area contributed by atoms with E-state index in [1.165, 1.54) is 0 Å². The van der Waals surface area contributed by atoms with E-state index in [0.29, 0.717) is 22.8 Å². The molecule has 0 amide bonds. The van der Waals surface area contributed by atoms with Crippen LogP contribution in [0.5, 0.6) is 0 Å². The molecule has 1 atom stereocenters. The zero-order valence-corrected chi connectivity index (χ0v) is 14.9. The molecule has 0 radical (unpaired) electrons. The molecule has 128 valence electrons. The first-order valence-electron chi connectivity index (χ1n) is 8.06. The summed E-state index contributed by atoms with van der Waals surface area (Å²) >= 11 is 5.90. The highest BCUT2D eigenvalue weighted by atomic mass is 35.5. The van der Waals surface area contributed by atoms with Gasteiger partial charge in [-0.3, -0.25) is 4.79 Å². The first-order chi connectivity index (χ1) is 12.0. The minimum atomic E-state index is -0.201. The molecule has 1 heterocycles. The fourth-order valence-electron chi connectivity index (χ4n) is 2.69. The molecule has 1 aromatic heterocycles. The van der Waals surface area contributed by atoms with Crippen LogP contribution in [-0.4, -0.2) is 10.9 Å². The summed E-state index contributed by atoms with van der Waals surface area (Å²) in [4.78, 5) is 12.7. The second-order valence-electron chi connectivity index (χ2n) is 6.07. The number of benzene rings is 2. The Labute approximate surface area is 151 Å². The number of ketones is 1. The second kappa shape index (κ2) is 7.53. The molecule has 4 nitrogen and oxygen atoms in total. The molecule has 0 aliphatic rings. The van der Waals surface area contributed by atoms with Crippen molar-refractivity contribution in [1.29, 1.82) is 0 Å². The van der Waals surface area contributed by atoms with Crippen molar-refractivity contribution in [2.45, 2.75) is 26.3 Å². The zero-order valence-electron chi connectivity index (χ0n) is 14.1. The van der Waals surface area contributed by atoms with Crippen LogP contribution < -0.4 is 5.32 Å². The molecule has 0 spiro atoms. The molecular weight excluding hydrogens is 336 g/mol. The predicted octanol–water partition coefficient (Wildman–Crippen LogP) is 5.37. The zero-order chi connectivity index (χ0) is 17.8. The van der Waals surface area contributed by atoms with E-state index in [4.69, 9.17) is 16.1 Å². The maximum atomic E-state index is 12.7. The van der Waals surface area contributed by atoms with Gasteiger partial charge in [-0.05, 0) is 43.7 Å². The van der Waals surface area contributed by atoms with Crippen LogP contribution in [0.4, 0.5) is 5.82 Å². The van der Waals surface area contributed by atoms with Crippen LogP contribution in [0.15, 0.2) is 59.1 Å². The van der Waals surface area contributed by atoms with E-state index in [-0.39, 0.29) is 11.8 Å². The van der Waals surface area contributed by atoms with Crippen molar-refractivity contribution < 1.29 is 9.32 Å². The van der Waals surface area contributed by atoms with Gasteiger partial charge in [0.1, 0.15) is 5.76 Å². The monoisotopic (exact) mass is 354 g/mol. The lowest BCUT2D eigenvalue weighted by Gasteiger charge is -2.18. The largest absolute Gasteiger partial charge is 0.360 e. The molecule has 0 bridgehead atoms. The number of hydrogen-bond acceptors (Lipinski definition) is 4. The highest BCUT2D eigenvalue weighted by molar-refractivity contribution is 6.30. The molecule has 0 saturated carbocycles. The van der Waals surface area contributed by atoms with Crippen molar-refractivity contribution in [2.75, 3.05) is 5.32 Å². The third-order valence-electron chi connectivity index (χ3n) is 3.95. The summed E-state index contributed by atoms with van der Waals surface area (Å²) in [5.74, 6) is 1.37. The molecule has 0 aliphatic carbocycles. The number of Topliss-reactive ketones (excluding diaryl/α,β-unsaturated/α-hetero) is 1. The van der Waals surface area contributed by atoms with E-state index >= 15 is 0 Å². The minimum Gasteiger partial charge on any atom is -0.360 e. The van der Waals surface area contributed by atoms with Gasteiger partial charge in [0, 0.05) is 23.1 Å². The molecule has 1 unspecified atom stereocenters. The van der Waals surface area contributed by atoms with Gasteiger partial charge >= 0.3 is 0 Å². The number of hydrogen-bond donors (Lipinski definition) is 1. The van der Waals surface area contributed by atoms with E-state index in [1.807, 2.05) is 38.1 Å². The van der Waals surface area contributed by atoms with Gasteiger partial charge in [0.05, 0.1) is 6.04 Å². The maximum absolute atomic E-state index is 12.7. The second-order valence-corrected chi connectivity index (χ2v) is 6.50. The predicted molar refractivity (Wildman–Crippen MR) is 99.2 cm³/mol. The van der Waals surface area contributed by atoms with Crippen molar-refractivity contribution in [3.05, 3.63) is 82.1 Å². The van der Waals surface area contributed by atoms with Gasteiger partial charge in [-0.25, -0.2) is 0 Å². The quantitative estimate of drug-likeness (QED) is 0.604. The molecule has 0 saturated heterocycles. The van der Waals surface area contributed by atoms with Gasteiger partial charge < -0.3 is 9.84 Å². The molecule has 5 heteroatoms. The van der Waals surface area contributed by atoms with Gasteiger partial charge in [-0.15, -0.1) is 0 Å². The van der Waals surface area contributed by atoms with Gasteiger partial charge in [-0.2, -0.15) is 0 Å². The van der Waals surface area contributed by atoms with Crippen LogP contribution in [0.2, 0.25) is 5.02 Å². The minimum absolute atomic E-state index is 0.0379. The smallest absolute Gasteiger partial charge is 0.170 e. The summed E-state index contributed by atoms with van der Waals surface area (Å²) in [5.41, 5.74) is 2.81.